The maximum atomic E-state index is 13.5. The summed E-state index contributed by atoms with van der Waals surface area (Å²) in [7, 11) is 0. The van der Waals surface area contributed by atoms with Crippen molar-refractivity contribution < 1.29 is 29.3 Å². The Morgan fingerprint density at radius 2 is 1.83 bits per heavy atom. The lowest BCUT2D eigenvalue weighted by Crippen LogP contribution is -2.55. The van der Waals surface area contributed by atoms with E-state index in [2.05, 4.69) is 5.32 Å². The van der Waals surface area contributed by atoms with Crippen molar-refractivity contribution in [2.75, 3.05) is 24.7 Å². The van der Waals surface area contributed by atoms with E-state index in [1.807, 2.05) is 30.3 Å². The largest absolute Gasteiger partial charge is 0.508 e. The van der Waals surface area contributed by atoms with Crippen molar-refractivity contribution in [1.29, 1.82) is 0 Å². The van der Waals surface area contributed by atoms with Gasteiger partial charge in [-0.1, -0.05) is 42.5 Å². The highest BCUT2D eigenvalue weighted by Crippen LogP contribution is 2.23. The molecule has 1 aliphatic rings. The fourth-order valence-electron chi connectivity index (χ4n) is 4.12. The van der Waals surface area contributed by atoms with Crippen molar-refractivity contribution in [3.63, 3.8) is 0 Å². The van der Waals surface area contributed by atoms with Crippen LogP contribution >= 0.6 is 11.8 Å². The number of benzene rings is 2. The third-order valence-electron chi connectivity index (χ3n) is 5.87. The zero-order valence-electron chi connectivity index (χ0n) is 19.8. The normalized spacial score (nSPS) is 19.1. The molecule has 0 aromatic heterocycles. The molecule has 2 aromatic carbocycles. The summed E-state index contributed by atoms with van der Waals surface area (Å²) in [5.41, 5.74) is 1.97. The zero-order chi connectivity index (χ0) is 25.2. The second-order valence-corrected chi connectivity index (χ2v) is 9.54. The van der Waals surface area contributed by atoms with Gasteiger partial charge in [0.1, 0.15) is 18.3 Å². The Kier molecular flexibility index (Phi) is 9.98. The molecule has 1 aliphatic heterocycles. The van der Waals surface area contributed by atoms with E-state index in [9.17, 15) is 24.6 Å². The van der Waals surface area contributed by atoms with Gasteiger partial charge in [0.2, 0.25) is 5.91 Å². The first-order chi connectivity index (χ1) is 16.9. The second kappa shape index (κ2) is 13.2. The van der Waals surface area contributed by atoms with Gasteiger partial charge >= 0.3 is 11.9 Å². The first kappa shape index (κ1) is 26.6. The van der Waals surface area contributed by atoms with E-state index in [4.69, 9.17) is 4.74 Å². The molecule has 9 heteroatoms. The molecule has 0 bridgehead atoms. The van der Waals surface area contributed by atoms with Gasteiger partial charge in [-0.2, -0.15) is 11.8 Å². The summed E-state index contributed by atoms with van der Waals surface area (Å²) >= 11 is 1.55. The maximum absolute atomic E-state index is 13.5. The number of thioether (sulfide) groups is 1. The second-order valence-electron chi connectivity index (χ2n) is 8.47. The standard InChI is InChI=1S/C26H32N2O6S/c1-2-34-26(33)22(13-10-18-6-4-3-5-7-18)27-23-17-35-16-20(28(25(23)32)15-24(30)31)14-19-8-11-21(29)12-9-19/h3-9,11-12,20,22-23,27,29H,2,10,13-17H2,1H3,(H,30,31). The number of ether oxygens (including phenoxy) is 1. The number of amides is 1. The first-order valence-electron chi connectivity index (χ1n) is 11.7. The van der Waals surface area contributed by atoms with Gasteiger partial charge in [0.25, 0.3) is 0 Å². The lowest BCUT2D eigenvalue weighted by atomic mass is 10.0. The van der Waals surface area contributed by atoms with Crippen LogP contribution in [0.2, 0.25) is 0 Å². The Hall–Kier alpha value is -3.04. The molecular weight excluding hydrogens is 468 g/mol. The number of aromatic hydroxyl groups is 1. The van der Waals surface area contributed by atoms with Crippen molar-refractivity contribution in [2.45, 2.75) is 44.3 Å². The minimum Gasteiger partial charge on any atom is -0.508 e. The number of hydrogen-bond donors (Lipinski definition) is 3. The molecule has 3 rings (SSSR count). The molecule has 8 nitrogen and oxygen atoms in total. The number of rotatable bonds is 11. The van der Waals surface area contributed by atoms with Crippen LogP contribution in [0.1, 0.15) is 24.5 Å². The highest BCUT2D eigenvalue weighted by atomic mass is 32.2. The lowest BCUT2D eigenvalue weighted by molar-refractivity contribution is -0.149. The van der Waals surface area contributed by atoms with Gasteiger partial charge in [-0.25, -0.2) is 0 Å². The van der Waals surface area contributed by atoms with Crippen LogP contribution in [0.5, 0.6) is 5.75 Å². The molecule has 0 aliphatic carbocycles. The number of phenolic OH excluding ortho intramolecular Hbond substituents is 1. The van der Waals surface area contributed by atoms with Gasteiger partial charge in [-0.15, -0.1) is 0 Å². The average molecular weight is 501 g/mol. The van der Waals surface area contributed by atoms with E-state index < -0.39 is 30.6 Å². The predicted octanol–water partition coefficient (Wildman–Crippen LogP) is 2.49. The number of esters is 1. The monoisotopic (exact) mass is 500 g/mol. The molecule has 3 unspecified atom stereocenters. The van der Waals surface area contributed by atoms with Gasteiger partial charge < -0.3 is 19.8 Å². The molecular formula is C26H32N2O6S. The molecule has 1 amide bonds. The van der Waals surface area contributed by atoms with Crippen molar-refractivity contribution >= 4 is 29.6 Å². The van der Waals surface area contributed by atoms with Crippen LogP contribution in [0, 0.1) is 0 Å². The smallest absolute Gasteiger partial charge is 0.323 e. The Bertz CT molecular complexity index is 985. The molecule has 3 atom stereocenters. The Labute approximate surface area is 209 Å². The Morgan fingerprint density at radius 3 is 2.49 bits per heavy atom. The molecule has 35 heavy (non-hydrogen) atoms. The van der Waals surface area contributed by atoms with Crippen molar-refractivity contribution in [3.05, 3.63) is 65.7 Å². The number of aryl methyl sites for hydroxylation is 1. The van der Waals surface area contributed by atoms with Gasteiger partial charge in [0.15, 0.2) is 0 Å². The van der Waals surface area contributed by atoms with Crippen LogP contribution < -0.4 is 5.32 Å². The van der Waals surface area contributed by atoms with Gasteiger partial charge in [0, 0.05) is 17.5 Å². The first-order valence-corrected chi connectivity index (χ1v) is 12.9. The zero-order valence-corrected chi connectivity index (χ0v) is 20.6. The summed E-state index contributed by atoms with van der Waals surface area (Å²) in [5.74, 6) is -0.724. The molecule has 0 radical (unpaired) electrons. The average Bonchev–Trinajstić information content (AvgIpc) is 2.97. The SMILES string of the molecule is CCOC(=O)C(CCc1ccccc1)NC1CSCC(Cc2ccc(O)cc2)N(CC(=O)O)C1=O. The van der Waals surface area contributed by atoms with Crippen LogP contribution in [-0.2, 0) is 32.0 Å². The topological polar surface area (TPSA) is 116 Å². The maximum Gasteiger partial charge on any atom is 0.323 e. The van der Waals surface area contributed by atoms with E-state index >= 15 is 0 Å². The number of aliphatic carboxylic acids is 1. The molecule has 188 valence electrons. The molecule has 0 spiro atoms. The van der Waals surface area contributed by atoms with Crippen molar-refractivity contribution in [1.82, 2.24) is 10.2 Å². The predicted molar refractivity (Wildman–Crippen MR) is 134 cm³/mol. The van der Waals surface area contributed by atoms with E-state index in [0.717, 1.165) is 11.1 Å². The Balaban J connectivity index is 1.75. The van der Waals surface area contributed by atoms with Gasteiger partial charge in [0.05, 0.1) is 12.6 Å². The van der Waals surface area contributed by atoms with E-state index in [1.165, 1.54) is 4.90 Å². The molecule has 0 saturated carbocycles. The van der Waals surface area contributed by atoms with Crippen molar-refractivity contribution in [2.24, 2.45) is 0 Å². The number of nitrogens with zero attached hydrogens (tertiary/aromatic N) is 1. The molecule has 1 saturated heterocycles. The van der Waals surface area contributed by atoms with Gasteiger partial charge in [-0.05, 0) is 49.4 Å². The van der Waals surface area contributed by atoms with E-state index in [0.29, 0.717) is 30.8 Å². The number of carbonyl (C=O) groups excluding carboxylic acids is 2. The van der Waals surface area contributed by atoms with Crippen LogP contribution in [0.25, 0.3) is 0 Å². The third-order valence-corrected chi connectivity index (χ3v) is 7.06. The number of hydrogen-bond acceptors (Lipinski definition) is 7. The van der Waals surface area contributed by atoms with Crippen LogP contribution in [0.4, 0.5) is 0 Å². The van der Waals surface area contributed by atoms with E-state index in [1.54, 1.807) is 43.0 Å². The van der Waals surface area contributed by atoms with Crippen LogP contribution in [0.15, 0.2) is 54.6 Å². The number of carboxylic acid groups (broad SMARTS) is 1. The summed E-state index contributed by atoms with van der Waals surface area (Å²) < 4.78 is 5.25. The number of nitrogens with one attached hydrogen (secondary N) is 1. The summed E-state index contributed by atoms with van der Waals surface area (Å²) in [5, 5.41) is 22.2. The van der Waals surface area contributed by atoms with E-state index in [-0.39, 0.29) is 24.3 Å². The minimum atomic E-state index is -1.09. The highest BCUT2D eigenvalue weighted by molar-refractivity contribution is 7.99. The summed E-state index contributed by atoms with van der Waals surface area (Å²) in [6.07, 6.45) is 1.55. The lowest BCUT2D eigenvalue weighted by Gasteiger charge is -2.31. The summed E-state index contributed by atoms with van der Waals surface area (Å²) in [4.78, 5) is 39.2. The van der Waals surface area contributed by atoms with Crippen LogP contribution in [-0.4, -0.2) is 75.7 Å². The van der Waals surface area contributed by atoms with Crippen LogP contribution in [0.3, 0.4) is 0 Å². The summed E-state index contributed by atoms with van der Waals surface area (Å²) in [6.45, 7) is 1.55. The minimum absolute atomic E-state index is 0.146. The Morgan fingerprint density at radius 1 is 1.11 bits per heavy atom. The fourth-order valence-corrected chi connectivity index (χ4v) is 5.30. The molecule has 1 heterocycles. The van der Waals surface area contributed by atoms with Crippen molar-refractivity contribution in [3.8, 4) is 5.75 Å². The summed E-state index contributed by atoms with van der Waals surface area (Å²) in [6, 6.07) is 14.7. The molecule has 3 N–H and O–H groups in total. The molecule has 2 aromatic rings. The fraction of sp³-hybridized carbons (Fsp3) is 0.423. The number of phenols is 1. The quantitative estimate of drug-likeness (QED) is 0.403. The highest BCUT2D eigenvalue weighted by Gasteiger charge is 2.36. The number of carbonyl (C=O) groups is 3. The molecule has 1 fully saturated rings. The number of carboxylic acids is 1. The van der Waals surface area contributed by atoms with Gasteiger partial charge in [-0.3, -0.25) is 19.7 Å². The third kappa shape index (κ3) is 8.00.